The lowest BCUT2D eigenvalue weighted by molar-refractivity contribution is -0.368. The molecule has 1 fully saturated rings. The molecule has 0 spiro atoms. The Hall–Kier alpha value is -3.96. The fraction of sp³-hybridized carbons (Fsp3) is 0.448. The Bertz CT molecular complexity index is 1140. The molecule has 0 aliphatic carbocycles. The van der Waals surface area contributed by atoms with E-state index in [4.69, 9.17) is 11.5 Å². The maximum atomic E-state index is 13.4. The van der Waals surface area contributed by atoms with Gasteiger partial charge in [-0.1, -0.05) is 42.5 Å². The highest BCUT2D eigenvalue weighted by Gasteiger charge is 2.37. The second kappa shape index (κ2) is 15.0. The molecule has 216 valence electrons. The van der Waals surface area contributed by atoms with Gasteiger partial charge in [-0.05, 0) is 61.8 Å². The van der Waals surface area contributed by atoms with E-state index in [0.717, 1.165) is 17.5 Å². The molecule has 40 heavy (non-hydrogen) atoms. The van der Waals surface area contributed by atoms with Crippen LogP contribution < -0.4 is 27.8 Å². The Labute approximate surface area is 234 Å². The number of unbranched alkanes of at least 4 members (excludes halogenated alkanes) is 1. The quantitative estimate of drug-likeness (QED) is 0.168. The van der Waals surface area contributed by atoms with Crippen LogP contribution in [-0.2, 0) is 32.0 Å². The molecule has 0 aromatic heterocycles. The van der Waals surface area contributed by atoms with E-state index in [9.17, 15) is 24.3 Å². The number of hydrogen-bond acceptors (Lipinski definition) is 6. The van der Waals surface area contributed by atoms with E-state index in [0.29, 0.717) is 38.8 Å². The van der Waals surface area contributed by atoms with E-state index >= 15 is 0 Å². The Morgan fingerprint density at radius 3 is 2.27 bits per heavy atom. The summed E-state index contributed by atoms with van der Waals surface area (Å²) < 4.78 is 0. The van der Waals surface area contributed by atoms with Gasteiger partial charge in [0, 0.05) is 13.0 Å². The number of carbonyl (C=O) groups excluding carboxylic acids is 4. The van der Waals surface area contributed by atoms with Crippen LogP contribution in [0, 0.1) is 0 Å². The predicted octanol–water partition coefficient (Wildman–Crippen LogP) is -0.637. The average molecular weight is 554 g/mol. The number of nitrogens with one attached hydrogen (secondary N) is 2. The molecule has 4 atom stereocenters. The molecule has 11 nitrogen and oxygen atoms in total. The van der Waals surface area contributed by atoms with Crippen molar-refractivity contribution in [3.05, 3.63) is 65.7 Å². The molecule has 3 rings (SSSR count). The van der Waals surface area contributed by atoms with Crippen LogP contribution in [0.3, 0.4) is 0 Å². The first-order valence-electron chi connectivity index (χ1n) is 13.8. The van der Waals surface area contributed by atoms with Crippen molar-refractivity contribution in [3.63, 3.8) is 0 Å². The molecule has 0 unspecified atom stereocenters. The van der Waals surface area contributed by atoms with Gasteiger partial charge in [-0.25, -0.2) is 0 Å². The van der Waals surface area contributed by atoms with E-state index in [1.807, 2.05) is 30.3 Å². The van der Waals surface area contributed by atoms with E-state index in [1.165, 1.54) is 17.0 Å². The zero-order valence-electron chi connectivity index (χ0n) is 22.8. The zero-order valence-corrected chi connectivity index (χ0v) is 22.8. The fourth-order valence-corrected chi connectivity index (χ4v) is 4.90. The molecule has 4 amide bonds. The van der Waals surface area contributed by atoms with Crippen molar-refractivity contribution in [1.82, 2.24) is 15.5 Å². The number of likely N-dealkylation sites (tertiary alicyclic amines) is 1. The average Bonchev–Trinajstić information content (AvgIpc) is 3.43. The van der Waals surface area contributed by atoms with Gasteiger partial charge in [0.2, 0.25) is 23.6 Å². The number of benzene rings is 2. The molecular formula is C29H41N6O5+. The second-order valence-corrected chi connectivity index (χ2v) is 10.2. The van der Waals surface area contributed by atoms with E-state index in [-0.39, 0.29) is 24.5 Å². The number of primary amides is 1. The minimum atomic E-state index is -0.940. The summed E-state index contributed by atoms with van der Waals surface area (Å²) in [4.78, 5) is 53.5. The van der Waals surface area contributed by atoms with Crippen molar-refractivity contribution in [2.45, 2.75) is 69.1 Å². The van der Waals surface area contributed by atoms with Crippen LogP contribution in [-0.4, -0.2) is 70.9 Å². The maximum Gasteiger partial charge on any atom is 0.243 e. The first-order valence-corrected chi connectivity index (χ1v) is 13.8. The number of amides is 4. The summed E-state index contributed by atoms with van der Waals surface area (Å²) in [5, 5.41) is 15.0. The predicted molar refractivity (Wildman–Crippen MR) is 149 cm³/mol. The van der Waals surface area contributed by atoms with Crippen LogP contribution in [0.5, 0.6) is 5.75 Å². The fourth-order valence-electron chi connectivity index (χ4n) is 4.90. The van der Waals surface area contributed by atoms with Gasteiger partial charge < -0.3 is 37.8 Å². The molecule has 10 N–H and O–H groups in total. The first kappa shape index (κ1) is 30.6. The van der Waals surface area contributed by atoms with Crippen LogP contribution in [0.4, 0.5) is 0 Å². The zero-order chi connectivity index (χ0) is 29.1. The lowest BCUT2D eigenvalue weighted by atomic mass is 10.0. The van der Waals surface area contributed by atoms with E-state index in [1.54, 1.807) is 12.1 Å². The van der Waals surface area contributed by atoms with Gasteiger partial charge in [0.05, 0.1) is 12.6 Å². The number of aromatic hydroxyl groups is 1. The molecule has 1 saturated heterocycles. The number of phenolic OH excluding ortho intramolecular Hbond substituents is 1. The minimum absolute atomic E-state index is 0.121. The second-order valence-electron chi connectivity index (χ2n) is 10.2. The third kappa shape index (κ3) is 8.78. The van der Waals surface area contributed by atoms with Gasteiger partial charge in [0.1, 0.15) is 23.9 Å². The van der Waals surface area contributed by atoms with Crippen LogP contribution >= 0.6 is 0 Å². The highest BCUT2D eigenvalue weighted by Crippen LogP contribution is 2.20. The molecule has 1 aliphatic rings. The maximum absolute atomic E-state index is 13.4. The normalized spacial score (nSPS) is 17.1. The van der Waals surface area contributed by atoms with Crippen LogP contribution in [0.2, 0.25) is 0 Å². The summed E-state index contributed by atoms with van der Waals surface area (Å²) in [6.07, 6.45) is 3.34. The summed E-state index contributed by atoms with van der Waals surface area (Å²) in [5.74, 6) is -1.83. The smallest absolute Gasteiger partial charge is 0.243 e. The van der Waals surface area contributed by atoms with E-state index < -0.39 is 41.9 Å². The molecule has 2 aromatic rings. The van der Waals surface area contributed by atoms with Crippen molar-refractivity contribution in [2.24, 2.45) is 11.5 Å². The van der Waals surface area contributed by atoms with Crippen molar-refractivity contribution in [2.75, 3.05) is 13.1 Å². The summed E-state index contributed by atoms with van der Waals surface area (Å²) in [6, 6.07) is 12.2. The van der Waals surface area contributed by atoms with Crippen molar-refractivity contribution < 1.29 is 30.0 Å². The summed E-state index contributed by atoms with van der Waals surface area (Å²) in [5.41, 5.74) is 17.3. The highest BCUT2D eigenvalue weighted by molar-refractivity contribution is 5.95. The highest BCUT2D eigenvalue weighted by atomic mass is 16.3. The van der Waals surface area contributed by atoms with Gasteiger partial charge in [-0.2, -0.15) is 0 Å². The molecule has 0 bridgehead atoms. The largest absolute Gasteiger partial charge is 0.508 e. The lowest BCUT2D eigenvalue weighted by Crippen LogP contribution is -2.57. The van der Waals surface area contributed by atoms with Crippen molar-refractivity contribution in [1.29, 1.82) is 0 Å². The summed E-state index contributed by atoms with van der Waals surface area (Å²) in [7, 11) is 0. The van der Waals surface area contributed by atoms with E-state index in [2.05, 4.69) is 16.4 Å². The van der Waals surface area contributed by atoms with Gasteiger partial charge in [0.15, 0.2) is 0 Å². The summed E-state index contributed by atoms with van der Waals surface area (Å²) in [6.45, 7) is 1.07. The van der Waals surface area contributed by atoms with Gasteiger partial charge in [0.25, 0.3) is 0 Å². The molecule has 2 aromatic carbocycles. The van der Waals surface area contributed by atoms with Gasteiger partial charge >= 0.3 is 0 Å². The Morgan fingerprint density at radius 2 is 1.62 bits per heavy atom. The number of nitrogens with zero attached hydrogens (tertiary/aromatic N) is 1. The molecule has 0 radical (unpaired) electrons. The molecular weight excluding hydrogens is 512 g/mol. The Morgan fingerprint density at radius 1 is 0.950 bits per heavy atom. The molecule has 11 heteroatoms. The topological polar surface area (TPSA) is 195 Å². The third-order valence-corrected chi connectivity index (χ3v) is 7.12. The number of nitrogens with two attached hydrogens (primary N) is 2. The SMILES string of the molecule is NC(=O)[C@H](Cc1ccccc1)NC(=O)[C@H](CCCC[NH3+])NC(=O)[C@@H]1CCCN1C(=O)[C@@H](N)Cc1ccc(O)cc1. The standard InChI is InChI=1S/C29H40N6O5/c30-15-5-4-9-23(27(38)34-24(26(32)37)18-19-7-2-1-3-8-19)33-28(39)25-10-6-16-35(25)29(40)22(31)17-20-11-13-21(36)14-12-20/h1-3,7-8,11-14,22-25,36H,4-6,9-10,15-18,30-31H2,(H2,32,37)(H,33,39)(H,34,38)/p+1/t22-,23-,24-,25-/m0/s1. The number of phenols is 1. The number of quaternary nitrogens is 1. The van der Waals surface area contributed by atoms with Crippen LogP contribution in [0.25, 0.3) is 0 Å². The summed E-state index contributed by atoms with van der Waals surface area (Å²) >= 11 is 0. The van der Waals surface area contributed by atoms with Crippen LogP contribution in [0.1, 0.15) is 43.2 Å². The molecule has 1 heterocycles. The van der Waals surface area contributed by atoms with Gasteiger partial charge in [-0.3, -0.25) is 19.2 Å². The number of rotatable bonds is 14. The monoisotopic (exact) mass is 553 g/mol. The lowest BCUT2D eigenvalue weighted by Gasteiger charge is -2.29. The van der Waals surface area contributed by atoms with Crippen molar-refractivity contribution in [3.8, 4) is 5.75 Å². The minimum Gasteiger partial charge on any atom is -0.508 e. The van der Waals surface area contributed by atoms with Crippen molar-refractivity contribution >= 4 is 23.6 Å². The molecule has 1 aliphatic heterocycles. The Balaban J connectivity index is 1.66. The molecule has 0 saturated carbocycles. The number of hydrogen-bond donors (Lipinski definition) is 6. The van der Waals surface area contributed by atoms with Gasteiger partial charge in [-0.15, -0.1) is 0 Å². The Kier molecular flexibility index (Phi) is 11.5. The number of carbonyl (C=O) groups is 4. The first-order chi connectivity index (χ1) is 19.2. The third-order valence-electron chi connectivity index (χ3n) is 7.12. The van der Waals surface area contributed by atoms with Crippen LogP contribution in [0.15, 0.2) is 54.6 Å².